The molecule has 0 N–H and O–H groups in total. The molecule has 150 valence electrons. The van der Waals surface area contributed by atoms with E-state index in [1.165, 1.54) is 5.56 Å². The number of furan rings is 1. The third-order valence-electron chi connectivity index (χ3n) is 5.61. The molecular formula is C22H21ClN2O4. The van der Waals surface area contributed by atoms with Gasteiger partial charge in [0.05, 0.1) is 5.02 Å². The number of amides is 1. The standard InChI is InChI=1S/C22H21ClN2O4/c1-14-16-3-2-4-17(23)21(16)29-20(14)22(26)25-9-7-24(8-10-25)12-15-5-6-18-19(11-15)28-13-27-18/h2-6,11H,7-10,12-13H2,1H3. The largest absolute Gasteiger partial charge is 0.454 e. The molecule has 1 amide bonds. The number of ether oxygens (including phenoxy) is 2. The molecule has 0 radical (unpaired) electrons. The third kappa shape index (κ3) is 3.32. The van der Waals surface area contributed by atoms with Gasteiger partial charge in [-0.1, -0.05) is 29.8 Å². The molecule has 7 heteroatoms. The number of hydrogen-bond donors (Lipinski definition) is 0. The van der Waals surface area contributed by atoms with Crippen LogP contribution in [0.5, 0.6) is 11.5 Å². The smallest absolute Gasteiger partial charge is 0.289 e. The Bertz CT molecular complexity index is 1090. The van der Waals surface area contributed by atoms with Crippen molar-refractivity contribution < 1.29 is 18.7 Å². The molecule has 6 nitrogen and oxygen atoms in total. The SMILES string of the molecule is Cc1c(C(=O)N2CCN(Cc3ccc4c(c3)OCO4)CC2)oc2c(Cl)cccc12. The first-order valence-electron chi connectivity index (χ1n) is 9.68. The van der Waals surface area contributed by atoms with Gasteiger partial charge in [0.2, 0.25) is 6.79 Å². The van der Waals surface area contributed by atoms with Gasteiger partial charge in [0.15, 0.2) is 22.8 Å². The molecule has 3 heterocycles. The second-order valence-electron chi connectivity index (χ2n) is 7.43. The van der Waals surface area contributed by atoms with Crippen LogP contribution in [0, 0.1) is 6.92 Å². The Morgan fingerprint density at radius 3 is 2.66 bits per heavy atom. The van der Waals surface area contributed by atoms with Crippen molar-refractivity contribution in [3.05, 3.63) is 58.3 Å². The molecule has 2 aliphatic heterocycles. The molecule has 2 aromatic carbocycles. The number of nitrogens with zero attached hydrogens (tertiary/aromatic N) is 2. The molecule has 29 heavy (non-hydrogen) atoms. The summed E-state index contributed by atoms with van der Waals surface area (Å²) in [6.45, 7) is 5.94. The Kier molecular flexibility index (Phi) is 4.60. The van der Waals surface area contributed by atoms with Crippen molar-refractivity contribution in [2.24, 2.45) is 0 Å². The van der Waals surface area contributed by atoms with E-state index in [9.17, 15) is 4.79 Å². The average molecular weight is 413 g/mol. The van der Waals surface area contributed by atoms with Crippen LogP contribution in [0.3, 0.4) is 0 Å². The maximum absolute atomic E-state index is 13.0. The van der Waals surface area contributed by atoms with Crippen molar-refractivity contribution in [2.45, 2.75) is 13.5 Å². The van der Waals surface area contributed by atoms with Gasteiger partial charge < -0.3 is 18.8 Å². The van der Waals surface area contributed by atoms with Gasteiger partial charge in [-0.25, -0.2) is 0 Å². The Morgan fingerprint density at radius 1 is 1.07 bits per heavy atom. The van der Waals surface area contributed by atoms with Gasteiger partial charge in [-0.05, 0) is 30.7 Å². The van der Waals surface area contributed by atoms with Gasteiger partial charge in [-0.3, -0.25) is 9.69 Å². The van der Waals surface area contributed by atoms with Crippen LogP contribution in [0.2, 0.25) is 5.02 Å². The number of carbonyl (C=O) groups excluding carboxylic acids is 1. The lowest BCUT2D eigenvalue weighted by Gasteiger charge is -2.34. The number of benzene rings is 2. The molecule has 0 aliphatic carbocycles. The van der Waals surface area contributed by atoms with E-state index >= 15 is 0 Å². The van der Waals surface area contributed by atoms with E-state index in [1.54, 1.807) is 6.07 Å². The molecule has 3 aromatic rings. The van der Waals surface area contributed by atoms with Crippen LogP contribution in [0.15, 0.2) is 40.8 Å². The van der Waals surface area contributed by atoms with E-state index in [-0.39, 0.29) is 12.7 Å². The number of rotatable bonds is 3. The number of fused-ring (bicyclic) bond motifs is 2. The summed E-state index contributed by atoms with van der Waals surface area (Å²) in [4.78, 5) is 17.2. The molecule has 1 fully saturated rings. The minimum Gasteiger partial charge on any atom is -0.454 e. The second-order valence-corrected chi connectivity index (χ2v) is 7.84. The van der Waals surface area contributed by atoms with Crippen LogP contribution in [0.1, 0.15) is 21.7 Å². The van der Waals surface area contributed by atoms with Crippen molar-refractivity contribution in [3.63, 3.8) is 0 Å². The highest BCUT2D eigenvalue weighted by Crippen LogP contribution is 2.33. The Balaban J connectivity index is 1.25. The van der Waals surface area contributed by atoms with E-state index in [4.69, 9.17) is 25.5 Å². The summed E-state index contributed by atoms with van der Waals surface area (Å²) in [5.74, 6) is 1.91. The van der Waals surface area contributed by atoms with Crippen LogP contribution in [0.25, 0.3) is 11.0 Å². The van der Waals surface area contributed by atoms with E-state index in [1.807, 2.05) is 36.1 Å². The highest BCUT2D eigenvalue weighted by Gasteiger charge is 2.27. The van der Waals surface area contributed by atoms with Crippen LogP contribution < -0.4 is 9.47 Å². The quantitative estimate of drug-likeness (QED) is 0.648. The summed E-state index contributed by atoms with van der Waals surface area (Å²) < 4.78 is 16.7. The maximum atomic E-state index is 13.0. The summed E-state index contributed by atoms with van der Waals surface area (Å²) in [7, 11) is 0. The zero-order chi connectivity index (χ0) is 20.0. The number of halogens is 1. The fourth-order valence-electron chi connectivity index (χ4n) is 3.96. The molecule has 2 aliphatic rings. The lowest BCUT2D eigenvalue weighted by atomic mass is 10.1. The first-order chi connectivity index (χ1) is 14.1. The predicted octanol–water partition coefficient (Wildman–Crippen LogP) is 4.08. The summed E-state index contributed by atoms with van der Waals surface area (Å²) in [5.41, 5.74) is 2.60. The van der Waals surface area contributed by atoms with Crippen LogP contribution in [-0.4, -0.2) is 48.7 Å². The number of carbonyl (C=O) groups is 1. The molecule has 0 atom stereocenters. The Morgan fingerprint density at radius 2 is 1.86 bits per heavy atom. The molecule has 0 spiro atoms. The number of hydrogen-bond acceptors (Lipinski definition) is 5. The maximum Gasteiger partial charge on any atom is 0.289 e. The lowest BCUT2D eigenvalue weighted by Crippen LogP contribution is -2.48. The molecule has 0 unspecified atom stereocenters. The molecular weight excluding hydrogens is 392 g/mol. The van der Waals surface area contributed by atoms with Crippen LogP contribution in [0.4, 0.5) is 0 Å². The van der Waals surface area contributed by atoms with Crippen molar-refractivity contribution in [1.29, 1.82) is 0 Å². The monoisotopic (exact) mass is 412 g/mol. The Hall–Kier alpha value is -2.70. The predicted molar refractivity (Wildman–Crippen MR) is 110 cm³/mol. The van der Waals surface area contributed by atoms with Crippen molar-refractivity contribution in [3.8, 4) is 11.5 Å². The van der Waals surface area contributed by atoms with E-state index < -0.39 is 0 Å². The van der Waals surface area contributed by atoms with Crippen molar-refractivity contribution in [2.75, 3.05) is 33.0 Å². The van der Waals surface area contributed by atoms with E-state index in [0.717, 1.165) is 42.1 Å². The fraction of sp³-hybridized carbons (Fsp3) is 0.318. The lowest BCUT2D eigenvalue weighted by molar-refractivity contribution is 0.0599. The highest BCUT2D eigenvalue weighted by molar-refractivity contribution is 6.35. The Labute approximate surface area is 173 Å². The number of piperazine rings is 1. The topological polar surface area (TPSA) is 55.2 Å². The van der Waals surface area contributed by atoms with Gasteiger partial charge >= 0.3 is 0 Å². The number of aryl methyl sites for hydroxylation is 1. The van der Waals surface area contributed by atoms with E-state index in [2.05, 4.69) is 11.0 Å². The normalized spacial score (nSPS) is 16.6. The molecule has 5 rings (SSSR count). The van der Waals surface area contributed by atoms with E-state index in [0.29, 0.717) is 29.5 Å². The van der Waals surface area contributed by atoms with Crippen LogP contribution >= 0.6 is 11.6 Å². The zero-order valence-electron chi connectivity index (χ0n) is 16.1. The minimum absolute atomic E-state index is 0.0718. The molecule has 1 saturated heterocycles. The first kappa shape index (κ1) is 18.3. The summed E-state index contributed by atoms with van der Waals surface area (Å²) >= 11 is 6.22. The molecule has 0 saturated carbocycles. The highest BCUT2D eigenvalue weighted by atomic mass is 35.5. The van der Waals surface area contributed by atoms with Gasteiger partial charge in [0.25, 0.3) is 5.91 Å². The summed E-state index contributed by atoms with van der Waals surface area (Å²) in [5, 5.41) is 1.42. The number of para-hydroxylation sites is 1. The minimum atomic E-state index is -0.0718. The first-order valence-corrected chi connectivity index (χ1v) is 10.1. The summed E-state index contributed by atoms with van der Waals surface area (Å²) in [6, 6.07) is 11.6. The fourth-order valence-corrected chi connectivity index (χ4v) is 4.18. The zero-order valence-corrected chi connectivity index (χ0v) is 16.9. The van der Waals surface area contributed by atoms with Gasteiger partial charge in [-0.2, -0.15) is 0 Å². The second kappa shape index (κ2) is 7.28. The molecule has 0 bridgehead atoms. The average Bonchev–Trinajstić information content (AvgIpc) is 3.33. The van der Waals surface area contributed by atoms with Crippen LogP contribution in [-0.2, 0) is 6.54 Å². The van der Waals surface area contributed by atoms with Gasteiger partial charge in [0, 0.05) is 43.7 Å². The summed E-state index contributed by atoms with van der Waals surface area (Å²) in [6.07, 6.45) is 0. The molecule has 1 aromatic heterocycles. The van der Waals surface area contributed by atoms with Gasteiger partial charge in [0.1, 0.15) is 0 Å². The third-order valence-corrected chi connectivity index (χ3v) is 5.91. The van der Waals surface area contributed by atoms with Crippen molar-refractivity contribution >= 4 is 28.5 Å². The van der Waals surface area contributed by atoms with Crippen molar-refractivity contribution in [1.82, 2.24) is 9.80 Å². The van der Waals surface area contributed by atoms with Gasteiger partial charge in [-0.15, -0.1) is 0 Å².